The second-order valence-electron chi connectivity index (χ2n) is 4.95. The van der Waals surface area contributed by atoms with Crippen molar-refractivity contribution in [3.8, 4) is 5.75 Å². The van der Waals surface area contributed by atoms with Crippen LogP contribution in [0.3, 0.4) is 0 Å². The molecular weight excluding hydrogens is 286 g/mol. The number of halogens is 1. The Morgan fingerprint density at radius 2 is 1.81 bits per heavy atom. The molecular formula is C17H18ClNO2. The quantitative estimate of drug-likeness (QED) is 0.828. The Labute approximate surface area is 129 Å². The van der Waals surface area contributed by atoms with Crippen LogP contribution in [-0.4, -0.2) is 12.0 Å². The van der Waals surface area contributed by atoms with Crippen LogP contribution in [-0.2, 0) is 5.88 Å². The molecule has 110 valence electrons. The normalized spacial score (nSPS) is 10.5. The van der Waals surface area contributed by atoms with Gasteiger partial charge in [0, 0.05) is 11.4 Å². The molecule has 1 N–H and O–H groups in total. The molecule has 2 aromatic rings. The summed E-state index contributed by atoms with van der Waals surface area (Å²) >= 11 is 5.74. The highest BCUT2D eigenvalue weighted by atomic mass is 35.5. The van der Waals surface area contributed by atoms with Gasteiger partial charge in [0.2, 0.25) is 0 Å². The lowest BCUT2D eigenvalue weighted by atomic mass is 10.1. The van der Waals surface area contributed by atoms with E-state index < -0.39 is 0 Å². The van der Waals surface area contributed by atoms with E-state index in [0.717, 1.165) is 5.56 Å². The van der Waals surface area contributed by atoms with Gasteiger partial charge in [0.1, 0.15) is 5.75 Å². The Kier molecular flexibility index (Phi) is 5.23. The van der Waals surface area contributed by atoms with Crippen LogP contribution in [0, 0.1) is 0 Å². The van der Waals surface area contributed by atoms with E-state index in [4.69, 9.17) is 16.3 Å². The van der Waals surface area contributed by atoms with Gasteiger partial charge in [0.15, 0.2) is 0 Å². The van der Waals surface area contributed by atoms with Gasteiger partial charge in [-0.25, -0.2) is 0 Å². The predicted molar refractivity (Wildman–Crippen MR) is 86.2 cm³/mol. The summed E-state index contributed by atoms with van der Waals surface area (Å²) in [7, 11) is 0. The average Bonchev–Trinajstić information content (AvgIpc) is 2.49. The maximum Gasteiger partial charge on any atom is 0.255 e. The zero-order chi connectivity index (χ0) is 15.2. The van der Waals surface area contributed by atoms with Crippen molar-refractivity contribution in [2.75, 3.05) is 5.32 Å². The molecule has 3 nitrogen and oxygen atoms in total. The molecule has 0 heterocycles. The molecule has 0 unspecified atom stereocenters. The topological polar surface area (TPSA) is 38.3 Å². The lowest BCUT2D eigenvalue weighted by Gasteiger charge is -2.14. The van der Waals surface area contributed by atoms with Crippen molar-refractivity contribution < 1.29 is 9.53 Å². The number of rotatable bonds is 5. The Bertz CT molecular complexity index is 608. The number of anilines is 1. The number of carbonyl (C=O) groups is 1. The van der Waals surface area contributed by atoms with E-state index in [2.05, 4.69) is 5.32 Å². The Balaban J connectivity index is 2.15. The number of para-hydroxylation sites is 2. The minimum atomic E-state index is -0.170. The maximum atomic E-state index is 12.3. The third-order valence-corrected chi connectivity index (χ3v) is 3.18. The van der Waals surface area contributed by atoms with Crippen LogP contribution in [0.15, 0.2) is 48.5 Å². The fourth-order valence-corrected chi connectivity index (χ4v) is 2.04. The van der Waals surface area contributed by atoms with E-state index >= 15 is 0 Å². The summed E-state index contributed by atoms with van der Waals surface area (Å²) in [6.45, 7) is 3.90. The van der Waals surface area contributed by atoms with Crippen LogP contribution >= 0.6 is 11.6 Å². The Hall–Kier alpha value is -2.00. The first-order valence-electron chi connectivity index (χ1n) is 6.82. The van der Waals surface area contributed by atoms with Crippen molar-refractivity contribution in [2.45, 2.75) is 25.8 Å². The SMILES string of the molecule is CC(C)Oc1ccccc1NC(=O)c1ccc(CCl)cc1. The van der Waals surface area contributed by atoms with E-state index in [1.165, 1.54) is 0 Å². The van der Waals surface area contributed by atoms with Crippen molar-refractivity contribution in [2.24, 2.45) is 0 Å². The zero-order valence-electron chi connectivity index (χ0n) is 12.1. The molecule has 2 aromatic carbocycles. The van der Waals surface area contributed by atoms with Crippen molar-refractivity contribution in [3.63, 3.8) is 0 Å². The lowest BCUT2D eigenvalue weighted by molar-refractivity contribution is 0.102. The minimum absolute atomic E-state index is 0.0473. The fraction of sp³-hybridized carbons (Fsp3) is 0.235. The molecule has 0 aliphatic heterocycles. The summed E-state index contributed by atoms with van der Waals surface area (Å²) < 4.78 is 5.69. The number of alkyl halides is 1. The highest BCUT2D eigenvalue weighted by Gasteiger charge is 2.10. The monoisotopic (exact) mass is 303 g/mol. The molecule has 0 fully saturated rings. The predicted octanol–water partition coefficient (Wildman–Crippen LogP) is 4.46. The van der Waals surface area contributed by atoms with Crippen LogP contribution in [0.2, 0.25) is 0 Å². The molecule has 0 saturated heterocycles. The number of ether oxygens (including phenoxy) is 1. The summed E-state index contributed by atoms with van der Waals surface area (Å²) in [5.41, 5.74) is 2.23. The summed E-state index contributed by atoms with van der Waals surface area (Å²) in [4.78, 5) is 12.3. The average molecular weight is 304 g/mol. The number of carbonyl (C=O) groups excluding carboxylic acids is 1. The van der Waals surface area contributed by atoms with E-state index in [1.807, 2.05) is 50.2 Å². The lowest BCUT2D eigenvalue weighted by Crippen LogP contribution is -2.14. The van der Waals surface area contributed by atoms with Crippen molar-refractivity contribution >= 4 is 23.2 Å². The van der Waals surface area contributed by atoms with Crippen LogP contribution in [0.25, 0.3) is 0 Å². The van der Waals surface area contributed by atoms with Gasteiger partial charge in [0.05, 0.1) is 11.8 Å². The highest BCUT2D eigenvalue weighted by Crippen LogP contribution is 2.25. The molecule has 0 aliphatic rings. The van der Waals surface area contributed by atoms with Gasteiger partial charge in [-0.15, -0.1) is 11.6 Å². The van der Waals surface area contributed by atoms with E-state index in [1.54, 1.807) is 12.1 Å². The van der Waals surface area contributed by atoms with Crippen LogP contribution in [0.1, 0.15) is 29.8 Å². The highest BCUT2D eigenvalue weighted by molar-refractivity contribution is 6.17. The fourth-order valence-electron chi connectivity index (χ4n) is 1.87. The Morgan fingerprint density at radius 3 is 2.43 bits per heavy atom. The number of amides is 1. The standard InChI is InChI=1S/C17H18ClNO2/c1-12(2)21-16-6-4-3-5-15(16)19-17(20)14-9-7-13(11-18)8-10-14/h3-10,12H,11H2,1-2H3,(H,19,20). The van der Waals surface area contributed by atoms with Gasteiger partial charge in [-0.2, -0.15) is 0 Å². The number of hydrogen-bond donors (Lipinski definition) is 1. The molecule has 0 aromatic heterocycles. The first kappa shape index (κ1) is 15.4. The minimum Gasteiger partial charge on any atom is -0.489 e. The van der Waals surface area contributed by atoms with Gasteiger partial charge >= 0.3 is 0 Å². The molecule has 21 heavy (non-hydrogen) atoms. The third-order valence-electron chi connectivity index (χ3n) is 2.87. The molecule has 0 spiro atoms. The van der Waals surface area contributed by atoms with E-state index in [-0.39, 0.29) is 12.0 Å². The molecule has 2 rings (SSSR count). The first-order valence-corrected chi connectivity index (χ1v) is 7.35. The summed E-state index contributed by atoms with van der Waals surface area (Å²) in [6.07, 6.45) is 0.0473. The van der Waals surface area contributed by atoms with E-state index in [0.29, 0.717) is 22.9 Å². The number of hydrogen-bond acceptors (Lipinski definition) is 2. The van der Waals surface area contributed by atoms with Crippen molar-refractivity contribution in [1.82, 2.24) is 0 Å². The molecule has 0 bridgehead atoms. The van der Waals surface area contributed by atoms with Gasteiger partial charge in [-0.1, -0.05) is 24.3 Å². The van der Waals surface area contributed by atoms with Crippen molar-refractivity contribution in [3.05, 3.63) is 59.7 Å². The molecule has 4 heteroatoms. The smallest absolute Gasteiger partial charge is 0.255 e. The van der Waals surface area contributed by atoms with Gasteiger partial charge in [0.25, 0.3) is 5.91 Å². The van der Waals surface area contributed by atoms with Gasteiger partial charge in [-0.05, 0) is 43.7 Å². The second-order valence-corrected chi connectivity index (χ2v) is 5.21. The van der Waals surface area contributed by atoms with Gasteiger partial charge in [-0.3, -0.25) is 4.79 Å². The molecule has 0 atom stereocenters. The number of nitrogens with one attached hydrogen (secondary N) is 1. The van der Waals surface area contributed by atoms with Crippen molar-refractivity contribution in [1.29, 1.82) is 0 Å². The summed E-state index contributed by atoms with van der Waals surface area (Å²) in [6, 6.07) is 14.6. The molecule has 0 aliphatic carbocycles. The molecule has 1 amide bonds. The zero-order valence-corrected chi connectivity index (χ0v) is 12.9. The Morgan fingerprint density at radius 1 is 1.14 bits per heavy atom. The maximum absolute atomic E-state index is 12.3. The summed E-state index contributed by atoms with van der Waals surface area (Å²) in [5.74, 6) is 0.932. The van der Waals surface area contributed by atoms with Crippen LogP contribution in [0.4, 0.5) is 5.69 Å². The second kappa shape index (κ2) is 7.14. The first-order chi connectivity index (χ1) is 10.1. The number of benzene rings is 2. The third kappa shape index (κ3) is 4.23. The molecule has 0 radical (unpaired) electrons. The van der Waals surface area contributed by atoms with Crippen LogP contribution in [0.5, 0.6) is 5.75 Å². The summed E-state index contributed by atoms with van der Waals surface area (Å²) in [5, 5.41) is 2.87. The van der Waals surface area contributed by atoms with Crippen LogP contribution < -0.4 is 10.1 Å². The van der Waals surface area contributed by atoms with Gasteiger partial charge < -0.3 is 10.1 Å². The largest absolute Gasteiger partial charge is 0.489 e. The molecule has 0 saturated carbocycles. The van der Waals surface area contributed by atoms with E-state index in [9.17, 15) is 4.79 Å².